The third-order valence-electron chi connectivity index (χ3n) is 5.93. The van der Waals surface area contributed by atoms with E-state index >= 15 is 0 Å². The molecule has 140 valence electrons. The van der Waals surface area contributed by atoms with E-state index in [9.17, 15) is 9.65 Å². The average Bonchev–Trinajstić information content (AvgIpc) is 2.72. The SMILES string of the molecule is N#CC1c2ccccc2CCC1C(Cc1cccc(F)c1)C1CSCCS1. The predicted molar refractivity (Wildman–Crippen MR) is 114 cm³/mol. The molecule has 2 aromatic carbocycles. The summed E-state index contributed by atoms with van der Waals surface area (Å²) < 4.78 is 13.8. The van der Waals surface area contributed by atoms with Crippen LogP contribution in [-0.2, 0) is 12.8 Å². The Morgan fingerprint density at radius 1 is 1.15 bits per heavy atom. The number of hydrogen-bond acceptors (Lipinski definition) is 3. The maximum absolute atomic E-state index is 13.8. The molecule has 0 radical (unpaired) electrons. The second kappa shape index (κ2) is 8.71. The van der Waals surface area contributed by atoms with Gasteiger partial charge in [-0.25, -0.2) is 4.39 Å². The summed E-state index contributed by atoms with van der Waals surface area (Å²) in [6.07, 6.45) is 2.96. The number of benzene rings is 2. The highest BCUT2D eigenvalue weighted by atomic mass is 32.2. The summed E-state index contributed by atoms with van der Waals surface area (Å²) in [5, 5.41) is 10.6. The summed E-state index contributed by atoms with van der Waals surface area (Å²) >= 11 is 4.08. The van der Waals surface area contributed by atoms with Gasteiger partial charge >= 0.3 is 0 Å². The smallest absolute Gasteiger partial charge is 0.123 e. The molecule has 0 amide bonds. The number of nitriles is 1. The van der Waals surface area contributed by atoms with Gasteiger partial charge in [0.25, 0.3) is 0 Å². The lowest BCUT2D eigenvalue weighted by molar-refractivity contribution is 0.275. The lowest BCUT2D eigenvalue weighted by atomic mass is 9.68. The molecule has 0 aromatic heterocycles. The van der Waals surface area contributed by atoms with E-state index in [4.69, 9.17) is 0 Å². The standard InChI is InChI=1S/C23H24FNS2/c24-18-6-3-4-16(12-18)13-21(23-15-26-10-11-27-23)20-9-8-17-5-1-2-7-19(17)22(20)14-25/h1-7,12,20-23H,8-11,13,15H2. The van der Waals surface area contributed by atoms with Gasteiger partial charge in [-0.3, -0.25) is 0 Å². The zero-order valence-electron chi connectivity index (χ0n) is 15.3. The van der Waals surface area contributed by atoms with Gasteiger partial charge < -0.3 is 0 Å². The van der Waals surface area contributed by atoms with Crippen LogP contribution in [-0.4, -0.2) is 22.5 Å². The minimum absolute atomic E-state index is 0.0546. The Bertz CT molecular complexity index is 825. The van der Waals surface area contributed by atoms with Crippen molar-refractivity contribution < 1.29 is 4.39 Å². The molecule has 4 rings (SSSR count). The number of fused-ring (bicyclic) bond motifs is 1. The molecule has 1 aliphatic carbocycles. The summed E-state index contributed by atoms with van der Waals surface area (Å²) in [7, 11) is 0. The van der Waals surface area contributed by atoms with Gasteiger partial charge in [0.15, 0.2) is 0 Å². The Morgan fingerprint density at radius 3 is 2.81 bits per heavy atom. The minimum atomic E-state index is -0.164. The highest BCUT2D eigenvalue weighted by Crippen LogP contribution is 2.45. The van der Waals surface area contributed by atoms with Gasteiger partial charge in [-0.1, -0.05) is 36.4 Å². The molecular weight excluding hydrogens is 373 g/mol. The number of hydrogen-bond donors (Lipinski definition) is 0. The van der Waals surface area contributed by atoms with E-state index in [2.05, 4.69) is 42.1 Å². The molecule has 27 heavy (non-hydrogen) atoms. The summed E-state index contributed by atoms with van der Waals surface area (Å²) in [6.45, 7) is 0. The fourth-order valence-corrected chi connectivity index (χ4v) is 7.68. The van der Waals surface area contributed by atoms with Crippen molar-refractivity contribution in [1.82, 2.24) is 0 Å². The number of thioether (sulfide) groups is 2. The molecule has 4 unspecified atom stereocenters. The van der Waals surface area contributed by atoms with Crippen molar-refractivity contribution in [1.29, 1.82) is 5.26 Å². The molecule has 0 saturated carbocycles. The quantitative estimate of drug-likeness (QED) is 0.661. The van der Waals surface area contributed by atoms with Crippen LogP contribution in [0.1, 0.15) is 29.0 Å². The first-order valence-corrected chi connectivity index (χ1v) is 11.9. The Hall–Kier alpha value is -1.44. The molecule has 1 aliphatic heterocycles. The summed E-state index contributed by atoms with van der Waals surface area (Å²) in [4.78, 5) is 0. The van der Waals surface area contributed by atoms with E-state index in [1.165, 1.54) is 28.7 Å². The first-order chi connectivity index (χ1) is 13.3. The van der Waals surface area contributed by atoms with Crippen LogP contribution < -0.4 is 0 Å². The average molecular weight is 398 g/mol. The molecule has 0 bridgehead atoms. The van der Waals surface area contributed by atoms with E-state index in [0.29, 0.717) is 17.1 Å². The van der Waals surface area contributed by atoms with Crippen molar-refractivity contribution in [3.63, 3.8) is 0 Å². The van der Waals surface area contributed by atoms with Crippen molar-refractivity contribution in [3.8, 4) is 6.07 Å². The number of nitrogens with zero attached hydrogens (tertiary/aromatic N) is 1. The van der Waals surface area contributed by atoms with Crippen LogP contribution in [0.5, 0.6) is 0 Å². The molecule has 1 nitrogen and oxygen atoms in total. The number of aryl methyl sites for hydroxylation is 1. The predicted octanol–water partition coefficient (Wildman–Crippen LogP) is 5.70. The summed E-state index contributed by atoms with van der Waals surface area (Å²) in [6, 6.07) is 18.1. The fourth-order valence-electron chi connectivity index (χ4n) is 4.66. The van der Waals surface area contributed by atoms with Crippen LogP contribution in [0.4, 0.5) is 4.39 Å². The first-order valence-electron chi connectivity index (χ1n) is 9.67. The highest BCUT2D eigenvalue weighted by molar-refractivity contribution is 8.06. The molecule has 1 saturated heterocycles. The van der Waals surface area contributed by atoms with Gasteiger partial charge in [-0.2, -0.15) is 28.8 Å². The zero-order chi connectivity index (χ0) is 18.6. The van der Waals surface area contributed by atoms with Gasteiger partial charge in [-0.15, -0.1) is 0 Å². The Morgan fingerprint density at radius 2 is 2.04 bits per heavy atom. The van der Waals surface area contributed by atoms with E-state index < -0.39 is 0 Å². The lowest BCUT2D eigenvalue weighted by Crippen LogP contribution is -2.37. The van der Waals surface area contributed by atoms with Crippen molar-refractivity contribution in [2.75, 3.05) is 17.3 Å². The largest absolute Gasteiger partial charge is 0.207 e. The normalized spacial score (nSPS) is 26.0. The van der Waals surface area contributed by atoms with E-state index in [1.54, 1.807) is 6.07 Å². The van der Waals surface area contributed by atoms with Crippen molar-refractivity contribution >= 4 is 23.5 Å². The molecule has 4 atom stereocenters. The maximum atomic E-state index is 13.8. The maximum Gasteiger partial charge on any atom is 0.123 e. The second-order valence-electron chi connectivity index (χ2n) is 7.49. The topological polar surface area (TPSA) is 23.8 Å². The highest BCUT2D eigenvalue weighted by Gasteiger charge is 2.39. The van der Waals surface area contributed by atoms with Gasteiger partial charge in [0, 0.05) is 22.5 Å². The molecule has 0 spiro atoms. The van der Waals surface area contributed by atoms with E-state index in [1.807, 2.05) is 23.9 Å². The molecule has 1 fully saturated rings. The number of halogens is 1. The lowest BCUT2D eigenvalue weighted by Gasteiger charge is -2.40. The second-order valence-corrected chi connectivity index (χ2v) is 9.99. The van der Waals surface area contributed by atoms with Crippen molar-refractivity contribution in [2.45, 2.75) is 30.4 Å². The summed E-state index contributed by atoms with van der Waals surface area (Å²) in [5.74, 6) is 4.05. The molecule has 4 heteroatoms. The van der Waals surface area contributed by atoms with Crippen LogP contribution in [0.25, 0.3) is 0 Å². The Kier molecular flexibility index (Phi) is 6.10. The molecule has 1 heterocycles. The fraction of sp³-hybridized carbons (Fsp3) is 0.435. The third-order valence-corrected chi connectivity index (χ3v) is 8.88. The Labute approximate surface area is 169 Å². The van der Waals surface area contributed by atoms with E-state index in [-0.39, 0.29) is 11.7 Å². The van der Waals surface area contributed by atoms with Crippen LogP contribution in [0, 0.1) is 29.0 Å². The molecular formula is C23H24FNS2. The molecule has 2 aromatic rings. The van der Waals surface area contributed by atoms with Gasteiger partial charge in [-0.05, 0) is 59.9 Å². The zero-order valence-corrected chi connectivity index (χ0v) is 16.9. The molecule has 2 aliphatic rings. The first kappa shape index (κ1) is 18.9. The minimum Gasteiger partial charge on any atom is -0.207 e. The summed E-state index contributed by atoms with van der Waals surface area (Å²) in [5.41, 5.74) is 3.61. The van der Waals surface area contributed by atoms with Gasteiger partial charge in [0.2, 0.25) is 0 Å². The van der Waals surface area contributed by atoms with Crippen molar-refractivity contribution in [2.24, 2.45) is 11.8 Å². The van der Waals surface area contributed by atoms with Crippen LogP contribution >= 0.6 is 23.5 Å². The van der Waals surface area contributed by atoms with Crippen molar-refractivity contribution in [3.05, 3.63) is 71.0 Å². The Balaban J connectivity index is 1.66. The van der Waals surface area contributed by atoms with Crippen LogP contribution in [0.3, 0.4) is 0 Å². The number of rotatable bonds is 4. The van der Waals surface area contributed by atoms with E-state index in [0.717, 1.165) is 30.6 Å². The van der Waals surface area contributed by atoms with Gasteiger partial charge in [0.1, 0.15) is 5.82 Å². The van der Waals surface area contributed by atoms with Gasteiger partial charge in [0.05, 0.1) is 12.0 Å². The monoisotopic (exact) mass is 397 g/mol. The molecule has 0 N–H and O–H groups in total. The third kappa shape index (κ3) is 4.20. The van der Waals surface area contributed by atoms with Crippen LogP contribution in [0.15, 0.2) is 48.5 Å². The van der Waals surface area contributed by atoms with Crippen LogP contribution in [0.2, 0.25) is 0 Å².